The summed E-state index contributed by atoms with van der Waals surface area (Å²) in [7, 11) is 0. The van der Waals surface area contributed by atoms with Crippen LogP contribution in [-0.4, -0.2) is 26.8 Å². The van der Waals surface area contributed by atoms with Gasteiger partial charge in [0.05, 0.1) is 12.1 Å². The van der Waals surface area contributed by atoms with Crippen LogP contribution in [-0.2, 0) is 6.54 Å². The summed E-state index contributed by atoms with van der Waals surface area (Å²) in [6, 6.07) is 8.46. The lowest BCUT2D eigenvalue weighted by Gasteiger charge is -2.21. The summed E-state index contributed by atoms with van der Waals surface area (Å²) >= 11 is 1.53. The minimum Gasteiger partial charge on any atom is -0.329 e. The summed E-state index contributed by atoms with van der Waals surface area (Å²) in [5, 5.41) is 0.696. The lowest BCUT2D eigenvalue weighted by molar-refractivity contribution is 0.0726. The van der Waals surface area contributed by atoms with Crippen LogP contribution >= 0.6 is 11.3 Å². The van der Waals surface area contributed by atoms with Crippen molar-refractivity contribution < 1.29 is 9.18 Å². The fraction of sp³-hybridized carbons (Fsp3) is 0.235. The molecule has 0 bridgehead atoms. The molecule has 0 saturated heterocycles. The Hall–Kier alpha value is -2.34. The van der Waals surface area contributed by atoms with E-state index in [9.17, 15) is 9.18 Å². The molecular formula is C17H14FN3OS. The van der Waals surface area contributed by atoms with Gasteiger partial charge >= 0.3 is 0 Å². The number of para-hydroxylation sites is 1. The van der Waals surface area contributed by atoms with E-state index in [1.54, 1.807) is 36.0 Å². The van der Waals surface area contributed by atoms with Crippen LogP contribution in [0.3, 0.4) is 0 Å². The average molecular weight is 327 g/mol. The third-order valence-electron chi connectivity index (χ3n) is 3.95. The number of nitrogens with zero attached hydrogens (tertiary/aromatic N) is 3. The lowest BCUT2D eigenvalue weighted by atomic mass is 10.2. The number of pyridine rings is 1. The number of carbonyl (C=O) groups excluding carboxylic acids is 1. The first-order chi connectivity index (χ1) is 11.2. The number of amides is 1. The molecule has 4 nitrogen and oxygen atoms in total. The first-order valence-corrected chi connectivity index (χ1v) is 8.34. The summed E-state index contributed by atoms with van der Waals surface area (Å²) < 4.78 is 13.9. The molecule has 1 aliphatic carbocycles. The number of carbonyl (C=O) groups is 1. The molecule has 0 N–H and O–H groups in total. The van der Waals surface area contributed by atoms with Crippen molar-refractivity contribution in [1.29, 1.82) is 0 Å². The van der Waals surface area contributed by atoms with Crippen molar-refractivity contribution in [3.05, 3.63) is 58.4 Å². The molecule has 116 valence electrons. The van der Waals surface area contributed by atoms with E-state index in [0.29, 0.717) is 17.6 Å². The number of hydrogen-bond donors (Lipinski definition) is 0. The largest absolute Gasteiger partial charge is 0.329 e. The SMILES string of the molecule is O=C(c1ccc2cccc(F)c2n1)N(Cc1cncs1)C1CC1. The van der Waals surface area contributed by atoms with Crippen LogP contribution < -0.4 is 0 Å². The fourth-order valence-corrected chi connectivity index (χ4v) is 3.21. The molecule has 6 heteroatoms. The number of aromatic nitrogens is 2. The molecule has 1 aliphatic rings. The smallest absolute Gasteiger partial charge is 0.273 e. The maximum Gasteiger partial charge on any atom is 0.273 e. The quantitative estimate of drug-likeness (QED) is 0.735. The van der Waals surface area contributed by atoms with Crippen LogP contribution in [0.4, 0.5) is 4.39 Å². The summed E-state index contributed by atoms with van der Waals surface area (Å²) in [4.78, 5) is 24.0. The molecule has 4 rings (SSSR count). The van der Waals surface area contributed by atoms with Gasteiger partial charge in [-0.05, 0) is 25.0 Å². The highest BCUT2D eigenvalue weighted by molar-refractivity contribution is 7.09. The number of fused-ring (bicyclic) bond motifs is 1. The van der Waals surface area contributed by atoms with Crippen molar-refractivity contribution in [1.82, 2.24) is 14.9 Å². The molecular weight excluding hydrogens is 313 g/mol. The van der Waals surface area contributed by atoms with Gasteiger partial charge in [0.15, 0.2) is 0 Å². The molecule has 0 radical (unpaired) electrons. The number of benzene rings is 1. The van der Waals surface area contributed by atoms with E-state index in [0.717, 1.165) is 17.7 Å². The van der Waals surface area contributed by atoms with Crippen LogP contribution in [0, 0.1) is 5.82 Å². The van der Waals surface area contributed by atoms with Gasteiger partial charge in [0, 0.05) is 22.5 Å². The highest BCUT2D eigenvalue weighted by Gasteiger charge is 2.34. The van der Waals surface area contributed by atoms with Crippen LogP contribution in [0.2, 0.25) is 0 Å². The average Bonchev–Trinajstić information content (AvgIpc) is 3.28. The number of halogens is 1. The van der Waals surface area contributed by atoms with E-state index in [4.69, 9.17) is 0 Å². The first-order valence-electron chi connectivity index (χ1n) is 7.46. The molecule has 0 unspecified atom stereocenters. The van der Waals surface area contributed by atoms with E-state index in [-0.39, 0.29) is 17.5 Å². The van der Waals surface area contributed by atoms with Crippen LogP contribution in [0.25, 0.3) is 10.9 Å². The zero-order valence-corrected chi connectivity index (χ0v) is 13.1. The Balaban J connectivity index is 1.67. The third kappa shape index (κ3) is 2.82. The second-order valence-corrected chi connectivity index (χ2v) is 6.61. The third-order valence-corrected chi connectivity index (χ3v) is 4.71. The van der Waals surface area contributed by atoms with Gasteiger partial charge in [-0.1, -0.05) is 18.2 Å². The molecule has 2 aromatic heterocycles. The van der Waals surface area contributed by atoms with E-state index in [1.807, 2.05) is 4.90 Å². The van der Waals surface area contributed by atoms with Gasteiger partial charge in [-0.2, -0.15) is 0 Å². The predicted octanol–water partition coefficient (Wildman–Crippen LogP) is 3.64. The van der Waals surface area contributed by atoms with Gasteiger partial charge in [-0.15, -0.1) is 11.3 Å². The van der Waals surface area contributed by atoms with Crippen molar-refractivity contribution >= 4 is 28.1 Å². The topological polar surface area (TPSA) is 46.1 Å². The molecule has 1 fully saturated rings. The summed E-state index contributed by atoms with van der Waals surface area (Å²) in [5.74, 6) is -0.552. The lowest BCUT2D eigenvalue weighted by Crippen LogP contribution is -2.32. The molecule has 1 saturated carbocycles. The van der Waals surface area contributed by atoms with Crippen LogP contribution in [0.15, 0.2) is 42.0 Å². The number of hydrogen-bond acceptors (Lipinski definition) is 4. The normalized spacial score (nSPS) is 14.1. The minimum atomic E-state index is -0.405. The van der Waals surface area contributed by atoms with E-state index in [1.165, 1.54) is 17.4 Å². The van der Waals surface area contributed by atoms with Crippen molar-refractivity contribution in [2.45, 2.75) is 25.4 Å². The van der Waals surface area contributed by atoms with Gasteiger partial charge in [-0.25, -0.2) is 9.37 Å². The second kappa shape index (κ2) is 5.70. The molecule has 0 aliphatic heterocycles. The number of thiazole rings is 1. The predicted molar refractivity (Wildman–Crippen MR) is 86.7 cm³/mol. The zero-order valence-electron chi connectivity index (χ0n) is 12.3. The molecule has 2 heterocycles. The Labute approximate surface area is 136 Å². The molecule has 3 aromatic rings. The van der Waals surface area contributed by atoms with E-state index < -0.39 is 5.82 Å². The standard InChI is InChI=1S/C17H14FN3OS/c18-14-3-1-2-11-4-7-15(20-16(11)14)17(22)21(12-5-6-12)9-13-8-19-10-23-13/h1-4,7-8,10,12H,5-6,9H2. The molecule has 1 amide bonds. The van der Waals surface area contributed by atoms with Gasteiger partial charge in [-0.3, -0.25) is 9.78 Å². The van der Waals surface area contributed by atoms with Crippen molar-refractivity contribution in [3.63, 3.8) is 0 Å². The Bertz CT molecular complexity index is 861. The Morgan fingerprint density at radius 1 is 1.30 bits per heavy atom. The van der Waals surface area contributed by atoms with E-state index >= 15 is 0 Å². The number of rotatable bonds is 4. The van der Waals surface area contributed by atoms with Gasteiger partial charge < -0.3 is 4.90 Å². The minimum absolute atomic E-state index is 0.147. The van der Waals surface area contributed by atoms with Gasteiger partial charge in [0.2, 0.25) is 0 Å². The van der Waals surface area contributed by atoms with Crippen LogP contribution in [0.5, 0.6) is 0 Å². The molecule has 23 heavy (non-hydrogen) atoms. The van der Waals surface area contributed by atoms with Crippen molar-refractivity contribution in [2.24, 2.45) is 0 Å². The first kappa shape index (κ1) is 14.3. The second-order valence-electron chi connectivity index (χ2n) is 5.64. The fourth-order valence-electron chi connectivity index (χ4n) is 2.62. The Morgan fingerprint density at radius 3 is 2.91 bits per heavy atom. The van der Waals surface area contributed by atoms with Gasteiger partial charge in [0.25, 0.3) is 5.91 Å². The van der Waals surface area contributed by atoms with Crippen molar-refractivity contribution in [3.8, 4) is 0 Å². The maximum absolute atomic E-state index is 13.9. The maximum atomic E-state index is 13.9. The molecule has 0 spiro atoms. The van der Waals surface area contributed by atoms with Gasteiger partial charge in [0.1, 0.15) is 17.0 Å². The summed E-state index contributed by atoms with van der Waals surface area (Å²) in [5.41, 5.74) is 2.29. The Kier molecular flexibility index (Phi) is 3.53. The highest BCUT2D eigenvalue weighted by Crippen LogP contribution is 2.30. The molecule has 0 atom stereocenters. The van der Waals surface area contributed by atoms with E-state index in [2.05, 4.69) is 9.97 Å². The monoisotopic (exact) mass is 327 g/mol. The zero-order chi connectivity index (χ0) is 15.8. The van der Waals surface area contributed by atoms with Crippen LogP contribution in [0.1, 0.15) is 28.2 Å². The molecule has 1 aromatic carbocycles. The van der Waals surface area contributed by atoms with Crippen molar-refractivity contribution in [2.75, 3.05) is 0 Å². The highest BCUT2D eigenvalue weighted by atomic mass is 32.1. The summed E-state index contributed by atoms with van der Waals surface area (Å²) in [6.45, 7) is 0.533. The summed E-state index contributed by atoms with van der Waals surface area (Å²) in [6.07, 6.45) is 3.79. The Morgan fingerprint density at radius 2 is 2.17 bits per heavy atom.